The third-order valence-corrected chi connectivity index (χ3v) is 6.28. The molecule has 1 saturated carbocycles. The van der Waals surface area contributed by atoms with Crippen molar-refractivity contribution in [1.29, 1.82) is 0 Å². The smallest absolute Gasteiger partial charge is 0.0843 e. The Morgan fingerprint density at radius 3 is 2.00 bits per heavy atom. The van der Waals surface area contributed by atoms with Crippen molar-refractivity contribution in [2.45, 2.75) is 46.5 Å². The van der Waals surface area contributed by atoms with E-state index >= 15 is 0 Å². The molecule has 0 aromatic carbocycles. The SMILES string of the molecule is CC12CC3(C)CC(C)(C1)C[N+](CCc1ccccn1)(C2)C3. The fourth-order valence-electron chi connectivity index (χ4n) is 7.35. The number of nitrogens with zero attached hydrogens (tertiary/aromatic N) is 2. The lowest BCUT2D eigenvalue weighted by atomic mass is 9.48. The van der Waals surface area contributed by atoms with Crippen LogP contribution in [-0.4, -0.2) is 35.6 Å². The van der Waals surface area contributed by atoms with E-state index in [0.29, 0.717) is 16.2 Å². The third-order valence-electron chi connectivity index (χ3n) is 6.28. The zero-order valence-electron chi connectivity index (χ0n) is 13.9. The first-order valence-electron chi connectivity index (χ1n) is 8.57. The van der Waals surface area contributed by atoms with Gasteiger partial charge in [-0.25, -0.2) is 0 Å². The molecule has 0 unspecified atom stereocenters. The quantitative estimate of drug-likeness (QED) is 0.772. The Morgan fingerprint density at radius 2 is 1.52 bits per heavy atom. The lowest BCUT2D eigenvalue weighted by molar-refractivity contribution is -0.966. The molecule has 0 N–H and O–H groups in total. The normalized spacial score (nSPS) is 47.8. The number of hydrogen-bond donors (Lipinski definition) is 0. The first-order chi connectivity index (χ1) is 9.82. The minimum absolute atomic E-state index is 0.586. The Kier molecular flexibility index (Phi) is 2.68. The predicted octanol–water partition coefficient (Wildman–Crippen LogP) is 3.67. The Labute approximate surface area is 129 Å². The maximum Gasteiger partial charge on any atom is 0.0843 e. The summed E-state index contributed by atoms with van der Waals surface area (Å²) in [6.07, 6.45) is 7.45. The first-order valence-corrected chi connectivity index (χ1v) is 8.57. The van der Waals surface area contributed by atoms with E-state index in [1.54, 1.807) is 0 Å². The van der Waals surface area contributed by atoms with E-state index in [1.807, 2.05) is 12.3 Å². The minimum Gasteiger partial charge on any atom is -0.322 e. The Hall–Kier alpha value is -0.890. The molecule has 3 saturated heterocycles. The molecule has 2 nitrogen and oxygen atoms in total. The van der Waals surface area contributed by atoms with Crippen molar-refractivity contribution < 1.29 is 4.48 Å². The number of aromatic nitrogens is 1. The largest absolute Gasteiger partial charge is 0.322 e. The summed E-state index contributed by atoms with van der Waals surface area (Å²) in [5.74, 6) is 0. The van der Waals surface area contributed by atoms with Crippen molar-refractivity contribution in [3.63, 3.8) is 0 Å². The molecule has 1 aromatic rings. The second kappa shape index (κ2) is 4.10. The minimum atomic E-state index is 0.586. The number of piperidine rings is 3. The van der Waals surface area contributed by atoms with E-state index in [0.717, 1.165) is 6.42 Å². The zero-order chi connectivity index (χ0) is 14.8. The molecule has 5 rings (SSSR count). The van der Waals surface area contributed by atoms with Crippen LogP contribution in [0.4, 0.5) is 0 Å². The van der Waals surface area contributed by atoms with Crippen LogP contribution >= 0.6 is 0 Å². The van der Waals surface area contributed by atoms with Crippen LogP contribution in [0.1, 0.15) is 45.7 Å². The molecule has 1 aromatic heterocycles. The second-order valence-electron chi connectivity index (χ2n) is 9.57. The van der Waals surface area contributed by atoms with Crippen molar-refractivity contribution in [1.82, 2.24) is 4.98 Å². The second-order valence-corrected chi connectivity index (χ2v) is 9.57. The van der Waals surface area contributed by atoms with Crippen LogP contribution in [0.3, 0.4) is 0 Å². The molecule has 0 spiro atoms. The summed E-state index contributed by atoms with van der Waals surface area (Å²) in [5.41, 5.74) is 3.03. The average molecular weight is 285 g/mol. The van der Waals surface area contributed by atoms with Crippen LogP contribution in [0.5, 0.6) is 0 Å². The Balaban J connectivity index is 1.59. The molecule has 21 heavy (non-hydrogen) atoms. The number of rotatable bonds is 3. The van der Waals surface area contributed by atoms with E-state index in [9.17, 15) is 0 Å². The molecular formula is C19H29N2+. The van der Waals surface area contributed by atoms with Crippen LogP contribution in [0.15, 0.2) is 24.4 Å². The van der Waals surface area contributed by atoms with Crippen LogP contribution < -0.4 is 0 Å². The summed E-state index contributed by atoms with van der Waals surface area (Å²) in [6, 6.07) is 6.33. The van der Waals surface area contributed by atoms with E-state index in [1.165, 1.54) is 55.6 Å². The van der Waals surface area contributed by atoms with Gasteiger partial charge in [0.25, 0.3) is 0 Å². The molecule has 4 heterocycles. The highest BCUT2D eigenvalue weighted by Crippen LogP contribution is 2.63. The van der Waals surface area contributed by atoms with E-state index in [2.05, 4.69) is 37.9 Å². The molecule has 0 atom stereocenters. The van der Waals surface area contributed by atoms with Gasteiger partial charge >= 0.3 is 0 Å². The maximum atomic E-state index is 4.54. The van der Waals surface area contributed by atoms with Crippen LogP contribution in [0.25, 0.3) is 0 Å². The van der Waals surface area contributed by atoms with Gasteiger partial charge in [-0.3, -0.25) is 4.98 Å². The molecule has 4 bridgehead atoms. The zero-order valence-corrected chi connectivity index (χ0v) is 13.9. The van der Waals surface area contributed by atoms with Gasteiger partial charge in [-0.15, -0.1) is 0 Å². The van der Waals surface area contributed by atoms with Crippen molar-refractivity contribution in [3.8, 4) is 0 Å². The van der Waals surface area contributed by atoms with Gasteiger partial charge in [0, 0.05) is 34.6 Å². The number of quaternary nitrogens is 1. The van der Waals surface area contributed by atoms with Gasteiger partial charge in [-0.05, 0) is 31.4 Å². The summed E-state index contributed by atoms with van der Waals surface area (Å²) < 4.78 is 1.36. The average Bonchev–Trinajstić information content (AvgIpc) is 2.32. The van der Waals surface area contributed by atoms with Crippen molar-refractivity contribution in [2.24, 2.45) is 16.2 Å². The van der Waals surface area contributed by atoms with Gasteiger partial charge in [0.2, 0.25) is 0 Å². The first kappa shape index (κ1) is 13.8. The molecule has 4 fully saturated rings. The van der Waals surface area contributed by atoms with Gasteiger partial charge in [0.1, 0.15) is 0 Å². The van der Waals surface area contributed by atoms with Gasteiger partial charge in [-0.2, -0.15) is 0 Å². The monoisotopic (exact) mass is 285 g/mol. The third kappa shape index (κ3) is 2.32. The highest BCUT2D eigenvalue weighted by Gasteiger charge is 2.65. The maximum absolute atomic E-state index is 4.54. The molecule has 4 aliphatic rings. The van der Waals surface area contributed by atoms with Crippen LogP contribution in [0.2, 0.25) is 0 Å². The lowest BCUT2D eigenvalue weighted by Crippen LogP contribution is -2.74. The topological polar surface area (TPSA) is 12.9 Å². The van der Waals surface area contributed by atoms with Gasteiger partial charge in [0.15, 0.2) is 0 Å². The molecule has 0 amide bonds. The summed E-state index contributed by atoms with van der Waals surface area (Å²) in [5, 5.41) is 0. The van der Waals surface area contributed by atoms with Crippen molar-refractivity contribution >= 4 is 0 Å². The summed E-state index contributed by atoms with van der Waals surface area (Å²) in [4.78, 5) is 4.54. The van der Waals surface area contributed by atoms with Gasteiger partial charge < -0.3 is 4.48 Å². The Bertz CT molecular complexity index is 496. The predicted molar refractivity (Wildman–Crippen MR) is 85.8 cm³/mol. The highest BCUT2D eigenvalue weighted by molar-refractivity contribution is 5.07. The molecule has 2 heteroatoms. The fourth-order valence-corrected chi connectivity index (χ4v) is 7.35. The van der Waals surface area contributed by atoms with Gasteiger partial charge in [0.05, 0.1) is 26.2 Å². The van der Waals surface area contributed by atoms with Crippen LogP contribution in [0, 0.1) is 16.2 Å². The summed E-state index contributed by atoms with van der Waals surface area (Å²) in [6.45, 7) is 13.2. The standard InChI is InChI=1S/C19H29N2/c1-17-10-18(2)12-19(3,11-17)15-21(13-17,14-18)9-7-16-6-4-5-8-20-16/h4-6,8H,7,9-15H2,1-3H3/q+1. The molecule has 114 valence electrons. The molecule has 3 aliphatic heterocycles. The Morgan fingerprint density at radius 1 is 0.952 bits per heavy atom. The van der Waals surface area contributed by atoms with Gasteiger partial charge in [-0.1, -0.05) is 26.8 Å². The number of hydrogen-bond acceptors (Lipinski definition) is 1. The molecule has 0 radical (unpaired) electrons. The summed E-state index contributed by atoms with van der Waals surface area (Å²) >= 11 is 0. The van der Waals surface area contributed by atoms with E-state index in [-0.39, 0.29) is 0 Å². The van der Waals surface area contributed by atoms with Crippen LogP contribution in [-0.2, 0) is 6.42 Å². The summed E-state index contributed by atoms with van der Waals surface area (Å²) in [7, 11) is 0. The van der Waals surface area contributed by atoms with E-state index in [4.69, 9.17) is 0 Å². The lowest BCUT2D eigenvalue weighted by Gasteiger charge is -2.68. The van der Waals surface area contributed by atoms with Crippen molar-refractivity contribution in [2.75, 3.05) is 26.2 Å². The highest BCUT2D eigenvalue weighted by atomic mass is 15.4. The number of pyridine rings is 1. The molecule has 1 aliphatic carbocycles. The van der Waals surface area contributed by atoms with Crippen molar-refractivity contribution in [3.05, 3.63) is 30.1 Å². The fraction of sp³-hybridized carbons (Fsp3) is 0.737. The van der Waals surface area contributed by atoms with E-state index < -0.39 is 0 Å². The molecular weight excluding hydrogens is 256 g/mol.